The first-order chi connectivity index (χ1) is 5.37. The fraction of sp³-hybridized carbons (Fsp3) is 1.00. The molecule has 0 bridgehead atoms. The van der Waals surface area contributed by atoms with E-state index in [0.717, 1.165) is 18.8 Å². The molecule has 1 saturated carbocycles. The molecule has 2 nitrogen and oxygen atoms in total. The fourth-order valence-corrected chi connectivity index (χ4v) is 2.83. The van der Waals surface area contributed by atoms with E-state index in [2.05, 4.69) is 26.1 Å². The third-order valence-electron chi connectivity index (χ3n) is 2.91. The molecule has 2 heteroatoms. The molecule has 0 radical (unpaired) electrons. The molecule has 0 aliphatic heterocycles. The van der Waals surface area contributed by atoms with E-state index in [1.54, 1.807) is 0 Å². The van der Waals surface area contributed by atoms with Crippen LogP contribution in [0.2, 0.25) is 0 Å². The van der Waals surface area contributed by atoms with E-state index in [0.29, 0.717) is 5.41 Å². The minimum atomic E-state index is -0.124. The van der Waals surface area contributed by atoms with Crippen molar-refractivity contribution in [1.82, 2.24) is 5.32 Å². The molecule has 0 saturated heterocycles. The Morgan fingerprint density at radius 2 is 1.92 bits per heavy atom. The largest absolute Gasteiger partial charge is 0.313 e. The zero-order valence-electron chi connectivity index (χ0n) is 8.78. The molecule has 1 fully saturated rings. The van der Waals surface area contributed by atoms with Gasteiger partial charge >= 0.3 is 0 Å². The number of rotatable bonds is 1. The lowest BCUT2D eigenvalue weighted by molar-refractivity contribution is 0.0909. The maximum absolute atomic E-state index is 6.21. The maximum Gasteiger partial charge on any atom is 0.0667 e. The van der Waals surface area contributed by atoms with Crippen LogP contribution in [0.15, 0.2) is 0 Å². The van der Waals surface area contributed by atoms with Gasteiger partial charge in [0.2, 0.25) is 0 Å². The summed E-state index contributed by atoms with van der Waals surface area (Å²) in [6, 6.07) is 0. The third-order valence-corrected chi connectivity index (χ3v) is 2.91. The van der Waals surface area contributed by atoms with Gasteiger partial charge in [0.25, 0.3) is 0 Å². The van der Waals surface area contributed by atoms with Crippen molar-refractivity contribution in [3.63, 3.8) is 0 Å². The summed E-state index contributed by atoms with van der Waals surface area (Å²) in [6.07, 6.45) is 3.49. The number of hydrogen-bond donors (Lipinski definition) is 2. The number of nitrogens with one attached hydrogen (secondary N) is 1. The molecule has 1 rings (SSSR count). The summed E-state index contributed by atoms with van der Waals surface area (Å²) in [7, 11) is 1.97. The van der Waals surface area contributed by atoms with Gasteiger partial charge in [-0.05, 0) is 37.6 Å². The molecule has 12 heavy (non-hydrogen) atoms. The average molecular weight is 170 g/mol. The van der Waals surface area contributed by atoms with Crippen molar-refractivity contribution in [3.05, 3.63) is 0 Å². The Labute approximate surface area is 75.9 Å². The molecule has 0 spiro atoms. The molecule has 72 valence electrons. The van der Waals surface area contributed by atoms with Gasteiger partial charge in [-0.2, -0.15) is 0 Å². The molecule has 0 aromatic carbocycles. The molecule has 0 heterocycles. The van der Waals surface area contributed by atoms with Crippen LogP contribution in [0.1, 0.15) is 40.0 Å². The Hall–Kier alpha value is -0.0800. The lowest BCUT2D eigenvalue weighted by atomic mass is 9.68. The van der Waals surface area contributed by atoms with E-state index < -0.39 is 0 Å². The van der Waals surface area contributed by atoms with Crippen LogP contribution < -0.4 is 11.1 Å². The summed E-state index contributed by atoms with van der Waals surface area (Å²) in [5.74, 6) is 0.742. The van der Waals surface area contributed by atoms with E-state index in [1.807, 2.05) is 7.05 Å². The molecule has 2 atom stereocenters. The minimum Gasteiger partial charge on any atom is -0.313 e. The zero-order chi connectivity index (χ0) is 9.41. The highest BCUT2D eigenvalue weighted by molar-refractivity contribution is 4.93. The highest BCUT2D eigenvalue weighted by Gasteiger charge is 2.38. The van der Waals surface area contributed by atoms with Crippen LogP contribution in [0.4, 0.5) is 0 Å². The van der Waals surface area contributed by atoms with Crippen LogP contribution in [0, 0.1) is 11.3 Å². The maximum atomic E-state index is 6.21. The molecule has 0 aromatic heterocycles. The third kappa shape index (κ3) is 2.20. The minimum absolute atomic E-state index is 0.124. The van der Waals surface area contributed by atoms with Crippen molar-refractivity contribution in [2.24, 2.45) is 17.1 Å². The first-order valence-corrected chi connectivity index (χ1v) is 4.85. The smallest absolute Gasteiger partial charge is 0.0667 e. The van der Waals surface area contributed by atoms with Crippen molar-refractivity contribution < 1.29 is 0 Å². The molecule has 2 unspecified atom stereocenters. The molecular weight excluding hydrogens is 148 g/mol. The first kappa shape index (κ1) is 10.0. The molecule has 1 aliphatic carbocycles. The van der Waals surface area contributed by atoms with Crippen LogP contribution in [0.3, 0.4) is 0 Å². The van der Waals surface area contributed by atoms with Gasteiger partial charge in [-0.1, -0.05) is 20.8 Å². The van der Waals surface area contributed by atoms with Crippen LogP contribution in [0.25, 0.3) is 0 Å². The molecule has 0 amide bonds. The van der Waals surface area contributed by atoms with Crippen LogP contribution in [0.5, 0.6) is 0 Å². The van der Waals surface area contributed by atoms with Crippen molar-refractivity contribution in [2.45, 2.75) is 45.7 Å². The number of hydrogen-bond acceptors (Lipinski definition) is 2. The van der Waals surface area contributed by atoms with Gasteiger partial charge in [0.1, 0.15) is 0 Å². The summed E-state index contributed by atoms with van der Waals surface area (Å²) >= 11 is 0. The molecule has 1 aliphatic rings. The topological polar surface area (TPSA) is 38.0 Å². The van der Waals surface area contributed by atoms with E-state index >= 15 is 0 Å². The van der Waals surface area contributed by atoms with E-state index in [1.165, 1.54) is 6.42 Å². The van der Waals surface area contributed by atoms with Gasteiger partial charge in [0.15, 0.2) is 0 Å². The molecule has 3 N–H and O–H groups in total. The monoisotopic (exact) mass is 170 g/mol. The highest BCUT2D eigenvalue weighted by Crippen LogP contribution is 2.41. The lowest BCUT2D eigenvalue weighted by Gasteiger charge is -2.45. The standard InChI is InChI=1S/C10H22N2/c1-8-5-9(2,3)7-10(11,6-8)12-4/h8,12H,5-7,11H2,1-4H3. The van der Waals surface area contributed by atoms with Gasteiger partial charge in [0, 0.05) is 0 Å². The predicted molar refractivity (Wildman–Crippen MR) is 52.8 cm³/mol. The summed E-state index contributed by atoms with van der Waals surface area (Å²) in [6.45, 7) is 6.91. The summed E-state index contributed by atoms with van der Waals surface area (Å²) in [5, 5.41) is 3.24. The van der Waals surface area contributed by atoms with E-state index in [9.17, 15) is 0 Å². The lowest BCUT2D eigenvalue weighted by Crippen LogP contribution is -2.57. The highest BCUT2D eigenvalue weighted by atomic mass is 15.1. The van der Waals surface area contributed by atoms with Crippen molar-refractivity contribution in [2.75, 3.05) is 7.05 Å². The summed E-state index contributed by atoms with van der Waals surface area (Å²) in [5.41, 5.74) is 6.49. The van der Waals surface area contributed by atoms with E-state index in [4.69, 9.17) is 5.73 Å². The van der Waals surface area contributed by atoms with Gasteiger partial charge in [-0.25, -0.2) is 0 Å². The number of nitrogens with two attached hydrogens (primary N) is 1. The molecule has 0 aromatic rings. The fourth-order valence-electron chi connectivity index (χ4n) is 2.83. The van der Waals surface area contributed by atoms with Crippen molar-refractivity contribution in [1.29, 1.82) is 0 Å². The second-order valence-electron chi connectivity index (χ2n) is 5.26. The van der Waals surface area contributed by atoms with Crippen molar-refractivity contribution >= 4 is 0 Å². The normalized spacial score (nSPS) is 41.2. The van der Waals surface area contributed by atoms with Crippen LogP contribution in [-0.4, -0.2) is 12.7 Å². The second kappa shape index (κ2) is 3.00. The Morgan fingerprint density at radius 1 is 1.33 bits per heavy atom. The Morgan fingerprint density at radius 3 is 2.33 bits per heavy atom. The average Bonchev–Trinajstić information content (AvgIpc) is 1.82. The van der Waals surface area contributed by atoms with Gasteiger partial charge in [-0.3, -0.25) is 0 Å². The first-order valence-electron chi connectivity index (χ1n) is 4.85. The summed E-state index contributed by atoms with van der Waals surface area (Å²) in [4.78, 5) is 0. The van der Waals surface area contributed by atoms with Gasteiger partial charge in [-0.15, -0.1) is 0 Å². The summed E-state index contributed by atoms with van der Waals surface area (Å²) < 4.78 is 0. The SMILES string of the molecule is CNC1(N)CC(C)CC(C)(C)C1. The van der Waals surface area contributed by atoms with Gasteiger partial charge in [0.05, 0.1) is 5.66 Å². The van der Waals surface area contributed by atoms with Crippen LogP contribution >= 0.6 is 0 Å². The predicted octanol–water partition coefficient (Wildman–Crippen LogP) is 1.71. The second-order valence-corrected chi connectivity index (χ2v) is 5.26. The Kier molecular flexibility index (Phi) is 2.50. The van der Waals surface area contributed by atoms with Gasteiger partial charge < -0.3 is 11.1 Å². The zero-order valence-corrected chi connectivity index (χ0v) is 8.78. The van der Waals surface area contributed by atoms with Crippen LogP contribution in [-0.2, 0) is 0 Å². The van der Waals surface area contributed by atoms with E-state index in [-0.39, 0.29) is 5.66 Å². The Balaban J connectivity index is 2.70. The quantitative estimate of drug-likeness (QED) is 0.588. The van der Waals surface area contributed by atoms with Crippen molar-refractivity contribution in [3.8, 4) is 0 Å². The Bertz CT molecular complexity index is 165. The molecular formula is C10H22N2.